The van der Waals surface area contributed by atoms with Gasteiger partial charge < -0.3 is 0 Å². The molecule has 1 aromatic carbocycles. The fourth-order valence-corrected chi connectivity index (χ4v) is 2.29. The summed E-state index contributed by atoms with van der Waals surface area (Å²) in [7, 11) is 0. The number of Topliss-reactive ketones (excluding diaryl/α,β-unsaturated/α-hetero) is 1. The van der Waals surface area contributed by atoms with E-state index in [1.165, 1.54) is 12.3 Å². The van der Waals surface area contributed by atoms with Crippen molar-refractivity contribution in [1.82, 2.24) is 4.98 Å². The molecule has 7 heteroatoms. The third kappa shape index (κ3) is 2.98. The second kappa shape index (κ2) is 4.73. The van der Waals surface area contributed by atoms with Gasteiger partial charge in [-0.1, -0.05) is 0 Å². The smallest absolute Gasteiger partial charge is 0.293 e. The Kier molecular flexibility index (Phi) is 3.40. The highest BCUT2D eigenvalue weighted by molar-refractivity contribution is 7.13. The molecular weight excluding hydrogens is 282 g/mol. The van der Waals surface area contributed by atoms with Gasteiger partial charge in [-0.3, -0.25) is 4.79 Å². The molecule has 2 aromatic rings. The van der Waals surface area contributed by atoms with Crippen LogP contribution < -0.4 is 0 Å². The SMILES string of the molecule is CC(=O)c1csc(-c2cc(F)cc(C(F)(F)F)c2)n1. The van der Waals surface area contributed by atoms with E-state index in [4.69, 9.17) is 0 Å². The molecule has 2 nitrogen and oxygen atoms in total. The van der Waals surface area contributed by atoms with Crippen LogP contribution in [0.3, 0.4) is 0 Å². The molecule has 0 aliphatic heterocycles. The lowest BCUT2D eigenvalue weighted by molar-refractivity contribution is -0.137. The van der Waals surface area contributed by atoms with Crippen molar-refractivity contribution >= 4 is 17.1 Å². The molecule has 1 aromatic heterocycles. The fraction of sp³-hybridized carbons (Fsp3) is 0.167. The minimum Gasteiger partial charge on any atom is -0.293 e. The highest BCUT2D eigenvalue weighted by atomic mass is 32.1. The maximum Gasteiger partial charge on any atom is 0.416 e. The number of hydrogen-bond donors (Lipinski definition) is 0. The topological polar surface area (TPSA) is 30.0 Å². The molecule has 0 unspecified atom stereocenters. The summed E-state index contributed by atoms with van der Waals surface area (Å²) in [6.45, 7) is 1.30. The summed E-state index contributed by atoms with van der Waals surface area (Å²) in [4.78, 5) is 15.0. The average molecular weight is 289 g/mol. The lowest BCUT2D eigenvalue weighted by atomic mass is 10.1. The third-order valence-corrected chi connectivity index (χ3v) is 3.23. The summed E-state index contributed by atoms with van der Waals surface area (Å²) in [5, 5.41) is 1.60. The Bertz CT molecular complexity index is 633. The molecule has 0 radical (unpaired) electrons. The van der Waals surface area contributed by atoms with Crippen LogP contribution in [0.15, 0.2) is 23.6 Å². The van der Waals surface area contributed by atoms with Crippen molar-refractivity contribution < 1.29 is 22.4 Å². The molecular formula is C12H7F4NOS. The van der Waals surface area contributed by atoms with Gasteiger partial charge in [0.15, 0.2) is 5.78 Å². The second-order valence-corrected chi connectivity index (χ2v) is 4.68. The first kappa shape index (κ1) is 13.7. The van der Waals surface area contributed by atoms with E-state index in [0.717, 1.165) is 23.5 Å². The quantitative estimate of drug-likeness (QED) is 0.613. The van der Waals surface area contributed by atoms with Crippen molar-refractivity contribution in [2.24, 2.45) is 0 Å². The predicted octanol–water partition coefficient (Wildman–Crippen LogP) is 4.17. The Hall–Kier alpha value is -1.76. The summed E-state index contributed by atoms with van der Waals surface area (Å²) in [6, 6.07) is 2.19. The molecule has 0 N–H and O–H groups in total. The summed E-state index contributed by atoms with van der Waals surface area (Å²) >= 11 is 0.993. The molecule has 0 aliphatic rings. The number of hydrogen-bond acceptors (Lipinski definition) is 3. The van der Waals surface area contributed by atoms with Crippen LogP contribution in [0.1, 0.15) is 23.0 Å². The van der Waals surface area contributed by atoms with Gasteiger partial charge >= 0.3 is 6.18 Å². The van der Waals surface area contributed by atoms with Gasteiger partial charge in [0.2, 0.25) is 0 Å². The zero-order chi connectivity index (χ0) is 14.2. The first-order valence-electron chi connectivity index (χ1n) is 5.12. The number of benzene rings is 1. The number of carbonyl (C=O) groups excluding carboxylic acids is 1. The molecule has 19 heavy (non-hydrogen) atoms. The van der Waals surface area contributed by atoms with Crippen LogP contribution in [0.2, 0.25) is 0 Å². The number of rotatable bonds is 2. The van der Waals surface area contributed by atoms with Crippen LogP contribution >= 0.6 is 11.3 Å². The molecule has 0 saturated carbocycles. The maximum atomic E-state index is 13.2. The van der Waals surface area contributed by atoms with Crippen LogP contribution in [-0.4, -0.2) is 10.8 Å². The molecule has 1 heterocycles. The van der Waals surface area contributed by atoms with Gasteiger partial charge in [-0.25, -0.2) is 9.37 Å². The number of aromatic nitrogens is 1. The summed E-state index contributed by atoms with van der Waals surface area (Å²) in [6.07, 6.45) is -4.63. The molecule has 100 valence electrons. The van der Waals surface area contributed by atoms with Crippen molar-refractivity contribution in [2.75, 3.05) is 0 Å². The monoisotopic (exact) mass is 289 g/mol. The van der Waals surface area contributed by atoms with E-state index in [1.54, 1.807) is 0 Å². The number of ketones is 1. The number of halogens is 4. The Labute approximate surface area is 109 Å². The van der Waals surface area contributed by atoms with Gasteiger partial charge in [0.1, 0.15) is 16.5 Å². The molecule has 2 rings (SSSR count). The minimum atomic E-state index is -4.63. The largest absolute Gasteiger partial charge is 0.416 e. The Morgan fingerprint density at radius 2 is 1.95 bits per heavy atom. The molecule has 0 amide bonds. The summed E-state index contributed by atoms with van der Waals surface area (Å²) < 4.78 is 50.9. The summed E-state index contributed by atoms with van der Waals surface area (Å²) in [5.41, 5.74) is -0.926. The van der Waals surface area contributed by atoms with Crippen molar-refractivity contribution in [3.8, 4) is 10.6 Å². The van der Waals surface area contributed by atoms with E-state index in [9.17, 15) is 22.4 Å². The lowest BCUT2D eigenvalue weighted by Gasteiger charge is -2.08. The molecule has 0 atom stereocenters. The highest BCUT2D eigenvalue weighted by Crippen LogP contribution is 2.34. The van der Waals surface area contributed by atoms with Crippen molar-refractivity contribution in [3.05, 3.63) is 40.7 Å². The van der Waals surface area contributed by atoms with Gasteiger partial charge in [0, 0.05) is 17.9 Å². The van der Waals surface area contributed by atoms with Crippen molar-refractivity contribution in [1.29, 1.82) is 0 Å². The molecule has 0 bridgehead atoms. The van der Waals surface area contributed by atoms with Crippen molar-refractivity contribution in [2.45, 2.75) is 13.1 Å². The summed E-state index contributed by atoms with van der Waals surface area (Å²) in [5.74, 6) is -1.29. The van der Waals surface area contributed by atoms with Crippen LogP contribution in [-0.2, 0) is 6.18 Å². The normalized spacial score (nSPS) is 11.6. The lowest BCUT2D eigenvalue weighted by Crippen LogP contribution is -2.05. The average Bonchev–Trinajstić information content (AvgIpc) is 2.76. The van der Waals surface area contributed by atoms with Gasteiger partial charge in [-0.15, -0.1) is 11.3 Å². The Morgan fingerprint density at radius 3 is 2.47 bits per heavy atom. The van der Waals surface area contributed by atoms with Gasteiger partial charge in [-0.2, -0.15) is 13.2 Å². The fourth-order valence-electron chi connectivity index (χ4n) is 1.44. The highest BCUT2D eigenvalue weighted by Gasteiger charge is 2.31. The zero-order valence-electron chi connectivity index (χ0n) is 9.58. The van der Waals surface area contributed by atoms with Gasteiger partial charge in [0.05, 0.1) is 5.56 Å². The van der Waals surface area contributed by atoms with E-state index in [0.29, 0.717) is 6.07 Å². The zero-order valence-corrected chi connectivity index (χ0v) is 10.4. The standard InChI is InChI=1S/C12H7F4NOS/c1-6(18)10-5-19-11(17-10)7-2-8(12(14,15)16)4-9(13)3-7/h2-5H,1H3. The number of nitrogens with zero attached hydrogens (tertiary/aromatic N) is 1. The van der Waals surface area contributed by atoms with E-state index >= 15 is 0 Å². The van der Waals surface area contributed by atoms with E-state index < -0.39 is 17.6 Å². The maximum absolute atomic E-state index is 13.2. The first-order valence-corrected chi connectivity index (χ1v) is 6.00. The molecule has 0 aliphatic carbocycles. The van der Waals surface area contributed by atoms with Crippen LogP contribution in [0, 0.1) is 5.82 Å². The Balaban J connectivity index is 2.50. The molecule has 0 saturated heterocycles. The van der Waals surface area contributed by atoms with E-state index in [-0.39, 0.29) is 22.0 Å². The minimum absolute atomic E-state index is 0.00447. The molecule has 0 fully saturated rings. The van der Waals surface area contributed by atoms with Gasteiger partial charge in [-0.05, 0) is 18.2 Å². The number of thiazole rings is 1. The van der Waals surface area contributed by atoms with Gasteiger partial charge in [0.25, 0.3) is 0 Å². The van der Waals surface area contributed by atoms with Crippen molar-refractivity contribution in [3.63, 3.8) is 0 Å². The predicted molar refractivity (Wildman–Crippen MR) is 62.5 cm³/mol. The second-order valence-electron chi connectivity index (χ2n) is 3.82. The van der Waals surface area contributed by atoms with Crippen LogP contribution in [0.5, 0.6) is 0 Å². The van der Waals surface area contributed by atoms with E-state index in [2.05, 4.69) is 4.98 Å². The number of carbonyl (C=O) groups is 1. The van der Waals surface area contributed by atoms with Crippen LogP contribution in [0.4, 0.5) is 17.6 Å². The van der Waals surface area contributed by atoms with E-state index in [1.807, 2.05) is 0 Å². The first-order chi connectivity index (χ1) is 8.77. The third-order valence-electron chi connectivity index (χ3n) is 2.34. The Morgan fingerprint density at radius 1 is 1.26 bits per heavy atom. The van der Waals surface area contributed by atoms with Crippen LogP contribution in [0.25, 0.3) is 10.6 Å². The molecule has 0 spiro atoms. The number of alkyl halides is 3.